The minimum absolute atomic E-state index is 0.241. The van der Waals surface area contributed by atoms with Crippen molar-refractivity contribution in [3.05, 3.63) is 34.9 Å². The molecule has 0 saturated heterocycles. The Balaban J connectivity index is 2.29. The molecule has 2 aliphatic rings. The van der Waals surface area contributed by atoms with Crippen molar-refractivity contribution in [2.45, 2.75) is 64.7 Å². The lowest BCUT2D eigenvalue weighted by atomic mass is 9.49. The zero-order valence-corrected chi connectivity index (χ0v) is 14.3. The summed E-state index contributed by atoms with van der Waals surface area (Å²) in [5.74, 6) is -2.21. The summed E-state index contributed by atoms with van der Waals surface area (Å²) < 4.78 is 17.2. The predicted molar refractivity (Wildman–Crippen MR) is 89.9 cm³/mol. The van der Waals surface area contributed by atoms with Gasteiger partial charge in [0.1, 0.15) is 0 Å². The van der Waals surface area contributed by atoms with Crippen molar-refractivity contribution in [3.8, 4) is 0 Å². The summed E-state index contributed by atoms with van der Waals surface area (Å²) >= 11 is 0. The maximum Gasteiger partial charge on any atom is 0.309 e. The predicted octanol–water partition coefficient (Wildman–Crippen LogP) is 4.55. The van der Waals surface area contributed by atoms with Crippen molar-refractivity contribution in [2.75, 3.05) is 0 Å². The summed E-state index contributed by atoms with van der Waals surface area (Å²) in [6.07, 6.45) is -0.382. The van der Waals surface area contributed by atoms with Gasteiger partial charge in [0.15, 0.2) is 5.78 Å². The zero-order chi connectivity index (χ0) is 18.8. The number of carboxylic acids is 1. The van der Waals surface area contributed by atoms with Crippen molar-refractivity contribution >= 4 is 11.8 Å². The van der Waals surface area contributed by atoms with Crippen LogP contribution in [0.2, 0.25) is 0 Å². The summed E-state index contributed by atoms with van der Waals surface area (Å²) in [7, 11) is 0. The zero-order valence-electron chi connectivity index (χ0n) is 16.3. The number of rotatable bonds is 2. The van der Waals surface area contributed by atoms with Crippen LogP contribution in [0.15, 0.2) is 18.2 Å². The molecule has 0 bridgehead atoms. The van der Waals surface area contributed by atoms with E-state index < -0.39 is 34.9 Å². The van der Waals surface area contributed by atoms with Gasteiger partial charge < -0.3 is 5.11 Å². The molecule has 3 heteroatoms. The van der Waals surface area contributed by atoms with Crippen LogP contribution in [0.1, 0.15) is 83.5 Å². The third kappa shape index (κ3) is 2.24. The van der Waals surface area contributed by atoms with E-state index in [4.69, 9.17) is 2.74 Å². The van der Waals surface area contributed by atoms with Crippen molar-refractivity contribution in [1.29, 1.82) is 0 Å². The van der Waals surface area contributed by atoms with E-state index >= 15 is 0 Å². The van der Waals surface area contributed by atoms with Gasteiger partial charge in [0.2, 0.25) is 0 Å². The lowest BCUT2D eigenvalue weighted by Crippen LogP contribution is -2.53. The molecule has 0 spiro atoms. The molecule has 1 aromatic rings. The first kappa shape index (κ1) is 13.8. The van der Waals surface area contributed by atoms with Gasteiger partial charge in [-0.15, -0.1) is 0 Å². The Bertz CT molecular complexity index is 755. The molecule has 1 fully saturated rings. The van der Waals surface area contributed by atoms with E-state index in [1.165, 1.54) is 0 Å². The Hall–Kier alpha value is -1.64. The summed E-state index contributed by atoms with van der Waals surface area (Å²) in [5.41, 5.74) is 0.342. The van der Waals surface area contributed by atoms with E-state index in [1.807, 2.05) is 39.0 Å². The van der Waals surface area contributed by atoms with Gasteiger partial charge >= 0.3 is 5.97 Å². The number of benzene rings is 1. The SMILES string of the molecule is [2H]C1([2H])C(=O)c2cc(C(C)C)ccc2[C@@]2(C)CCC[C@@](C)(C(=O)O)C12. The maximum absolute atomic E-state index is 13.1. The highest BCUT2D eigenvalue weighted by molar-refractivity contribution is 6.00. The van der Waals surface area contributed by atoms with Crippen LogP contribution in [0.4, 0.5) is 0 Å². The quantitative estimate of drug-likeness (QED) is 0.871. The molecule has 2 aliphatic carbocycles. The van der Waals surface area contributed by atoms with E-state index in [0.29, 0.717) is 24.8 Å². The minimum Gasteiger partial charge on any atom is -0.481 e. The third-order valence-electron chi connectivity index (χ3n) is 6.00. The van der Waals surface area contributed by atoms with Crippen LogP contribution in [0.3, 0.4) is 0 Å². The number of carbonyl (C=O) groups excluding carboxylic acids is 1. The van der Waals surface area contributed by atoms with E-state index in [9.17, 15) is 14.7 Å². The van der Waals surface area contributed by atoms with Gasteiger partial charge in [0, 0.05) is 14.7 Å². The average molecular weight is 316 g/mol. The van der Waals surface area contributed by atoms with E-state index in [0.717, 1.165) is 11.1 Å². The van der Waals surface area contributed by atoms with E-state index in [2.05, 4.69) is 0 Å². The molecule has 1 aromatic carbocycles. The van der Waals surface area contributed by atoms with Gasteiger partial charge in [0.05, 0.1) is 5.41 Å². The van der Waals surface area contributed by atoms with Crippen LogP contribution in [0.5, 0.6) is 0 Å². The largest absolute Gasteiger partial charge is 0.481 e. The molecule has 1 N–H and O–H groups in total. The second-order valence-electron chi connectivity index (χ2n) is 7.86. The Morgan fingerprint density at radius 3 is 2.65 bits per heavy atom. The van der Waals surface area contributed by atoms with Crippen LogP contribution in [-0.2, 0) is 10.2 Å². The molecule has 0 aliphatic heterocycles. The van der Waals surface area contributed by atoms with Gasteiger partial charge in [0.25, 0.3) is 0 Å². The van der Waals surface area contributed by atoms with Gasteiger partial charge in [-0.25, -0.2) is 0 Å². The highest BCUT2D eigenvalue weighted by Crippen LogP contribution is 2.57. The summed E-state index contributed by atoms with van der Waals surface area (Å²) in [6.45, 7) is 7.62. The molecule has 3 rings (SSSR count). The maximum atomic E-state index is 13.1. The first-order valence-corrected chi connectivity index (χ1v) is 8.39. The molecular formula is C20H26O3. The number of aliphatic carboxylic acids is 1. The van der Waals surface area contributed by atoms with Crippen LogP contribution >= 0.6 is 0 Å². The van der Waals surface area contributed by atoms with Crippen LogP contribution in [0, 0.1) is 11.3 Å². The van der Waals surface area contributed by atoms with Gasteiger partial charge in [-0.3, -0.25) is 9.59 Å². The molecule has 3 nitrogen and oxygen atoms in total. The fraction of sp³-hybridized carbons (Fsp3) is 0.600. The fourth-order valence-electron chi connectivity index (χ4n) is 4.47. The first-order valence-electron chi connectivity index (χ1n) is 9.39. The smallest absolute Gasteiger partial charge is 0.309 e. The molecule has 0 amide bonds. The Morgan fingerprint density at radius 2 is 2.04 bits per heavy atom. The van der Waals surface area contributed by atoms with Gasteiger partial charge in [-0.1, -0.05) is 39.3 Å². The third-order valence-corrected chi connectivity index (χ3v) is 6.00. The van der Waals surface area contributed by atoms with Crippen molar-refractivity contribution in [3.63, 3.8) is 0 Å². The fourth-order valence-corrected chi connectivity index (χ4v) is 4.47. The van der Waals surface area contributed by atoms with Crippen molar-refractivity contribution < 1.29 is 17.4 Å². The molecule has 1 saturated carbocycles. The summed E-state index contributed by atoms with van der Waals surface area (Å²) in [5, 5.41) is 9.86. The molecule has 1 unspecified atom stereocenters. The molecule has 124 valence electrons. The molecular weight excluding hydrogens is 288 g/mol. The number of fused-ring (bicyclic) bond motifs is 3. The number of ketones is 1. The van der Waals surface area contributed by atoms with Crippen LogP contribution < -0.4 is 0 Å². The number of carbonyl (C=O) groups is 2. The summed E-state index contributed by atoms with van der Waals surface area (Å²) in [4.78, 5) is 25.1. The highest BCUT2D eigenvalue weighted by atomic mass is 16.4. The minimum atomic E-state index is -2.19. The number of hydrogen-bond acceptors (Lipinski definition) is 2. The van der Waals surface area contributed by atoms with E-state index in [-0.39, 0.29) is 5.92 Å². The lowest BCUT2D eigenvalue weighted by Gasteiger charge is -2.53. The average Bonchev–Trinajstić information content (AvgIpc) is 2.52. The second-order valence-corrected chi connectivity index (χ2v) is 7.86. The summed E-state index contributed by atoms with van der Waals surface area (Å²) in [6, 6.07) is 5.74. The Morgan fingerprint density at radius 1 is 1.35 bits per heavy atom. The van der Waals surface area contributed by atoms with E-state index in [1.54, 1.807) is 6.92 Å². The van der Waals surface area contributed by atoms with Crippen molar-refractivity contribution in [2.24, 2.45) is 11.3 Å². The number of Topliss-reactive ketones (excluding diaryl/α,β-unsaturated/α-hetero) is 1. The topological polar surface area (TPSA) is 54.4 Å². The Kier molecular flexibility index (Phi) is 3.10. The molecule has 0 aromatic heterocycles. The number of hydrogen-bond donors (Lipinski definition) is 1. The second kappa shape index (κ2) is 5.19. The van der Waals surface area contributed by atoms with Crippen LogP contribution in [-0.4, -0.2) is 16.9 Å². The lowest BCUT2D eigenvalue weighted by molar-refractivity contribution is -0.156. The normalized spacial score (nSPS) is 36.7. The molecule has 0 radical (unpaired) electrons. The molecule has 0 heterocycles. The standard InChI is InChI=1S/C20H26O3/c1-12(2)13-6-7-15-14(10-13)16(21)11-17-19(15,3)8-5-9-20(17,4)18(22)23/h6-7,10,12,17H,5,8-9,11H2,1-4H3,(H,22,23)/t17?,19-,20-/m1/s1/i11D2. The molecule has 23 heavy (non-hydrogen) atoms. The first-order chi connectivity index (χ1) is 11.5. The monoisotopic (exact) mass is 316 g/mol. The number of carboxylic acid groups (broad SMARTS) is 1. The highest BCUT2D eigenvalue weighted by Gasteiger charge is 2.56. The van der Waals surface area contributed by atoms with Gasteiger partial charge in [-0.2, -0.15) is 0 Å². The molecule has 3 atom stereocenters. The Labute approximate surface area is 140 Å². The van der Waals surface area contributed by atoms with Crippen LogP contribution in [0.25, 0.3) is 0 Å². The van der Waals surface area contributed by atoms with Gasteiger partial charge in [-0.05, 0) is 54.2 Å². The van der Waals surface area contributed by atoms with Crippen molar-refractivity contribution in [1.82, 2.24) is 0 Å².